The highest BCUT2D eigenvalue weighted by atomic mass is 32.1. The minimum absolute atomic E-state index is 0.0780. The predicted molar refractivity (Wildman–Crippen MR) is 161 cm³/mol. The minimum atomic E-state index is -0.0780. The molecule has 4 N–H and O–H groups in total. The smallest absolute Gasteiger partial charge is 0.228 e. The lowest BCUT2D eigenvalue weighted by molar-refractivity contribution is -0.115. The van der Waals surface area contributed by atoms with Crippen LogP contribution >= 0.6 is 11.3 Å². The van der Waals surface area contributed by atoms with Crippen molar-refractivity contribution in [3.63, 3.8) is 0 Å². The Balaban J connectivity index is 0.000000636. The topological polar surface area (TPSA) is 92.5 Å². The van der Waals surface area contributed by atoms with Crippen molar-refractivity contribution in [2.75, 3.05) is 38.1 Å². The molecule has 8 heteroatoms. The summed E-state index contributed by atoms with van der Waals surface area (Å²) in [7, 11) is 0. The van der Waals surface area contributed by atoms with Crippen LogP contribution in [0.5, 0.6) is 0 Å². The molecular formula is C30H45N5O2S. The fourth-order valence-corrected chi connectivity index (χ4v) is 4.67. The molecular weight excluding hydrogens is 494 g/mol. The van der Waals surface area contributed by atoms with E-state index < -0.39 is 0 Å². The Bertz CT molecular complexity index is 990. The fraction of sp³-hybridized carbons (Fsp3) is 0.467. The molecule has 0 saturated carbocycles. The van der Waals surface area contributed by atoms with Gasteiger partial charge in [0.2, 0.25) is 5.91 Å². The molecule has 0 radical (unpaired) electrons. The summed E-state index contributed by atoms with van der Waals surface area (Å²) in [6.07, 6.45) is 11.0. The van der Waals surface area contributed by atoms with Crippen LogP contribution in [-0.4, -0.2) is 54.7 Å². The average molecular weight is 540 g/mol. The van der Waals surface area contributed by atoms with Crippen molar-refractivity contribution in [2.24, 2.45) is 5.73 Å². The van der Waals surface area contributed by atoms with Gasteiger partial charge in [0.25, 0.3) is 0 Å². The molecule has 0 unspecified atom stereocenters. The molecule has 1 aromatic carbocycles. The number of likely N-dealkylation sites (tertiary alicyclic amines) is 1. The summed E-state index contributed by atoms with van der Waals surface area (Å²) in [5, 5.41) is 8.30. The van der Waals surface area contributed by atoms with Crippen molar-refractivity contribution >= 4 is 28.6 Å². The number of carbonyl (C=O) groups is 1. The molecule has 2 fully saturated rings. The Morgan fingerprint density at radius 1 is 1.26 bits per heavy atom. The Labute approximate surface area is 232 Å². The maximum atomic E-state index is 12.9. The number of nitrogens with zero attached hydrogens (tertiary/aromatic N) is 2. The van der Waals surface area contributed by atoms with Gasteiger partial charge in [0, 0.05) is 41.6 Å². The summed E-state index contributed by atoms with van der Waals surface area (Å²) in [5.41, 5.74) is 11.7. The largest absolute Gasteiger partial charge is 0.399 e. The zero-order valence-electron chi connectivity index (χ0n) is 23.2. The lowest BCUT2D eigenvalue weighted by Crippen LogP contribution is -2.33. The van der Waals surface area contributed by atoms with E-state index in [4.69, 9.17) is 10.5 Å². The van der Waals surface area contributed by atoms with Crippen molar-refractivity contribution in [3.05, 3.63) is 76.9 Å². The van der Waals surface area contributed by atoms with Crippen LogP contribution in [0.15, 0.2) is 71.4 Å². The number of piperidine rings is 1. The van der Waals surface area contributed by atoms with Crippen LogP contribution in [0, 0.1) is 0 Å². The Morgan fingerprint density at radius 2 is 1.97 bits per heavy atom. The Hall–Kier alpha value is -2.94. The van der Waals surface area contributed by atoms with Crippen LogP contribution in [0.3, 0.4) is 0 Å². The summed E-state index contributed by atoms with van der Waals surface area (Å²) >= 11 is 1.60. The zero-order valence-corrected chi connectivity index (χ0v) is 24.1. The first-order chi connectivity index (χ1) is 18.6. The maximum absolute atomic E-state index is 12.9. The molecule has 38 heavy (non-hydrogen) atoms. The van der Waals surface area contributed by atoms with Crippen LogP contribution < -0.4 is 16.4 Å². The first-order valence-electron chi connectivity index (χ1n) is 13.7. The fourth-order valence-electron chi connectivity index (χ4n) is 4.32. The van der Waals surface area contributed by atoms with Gasteiger partial charge in [-0.05, 0) is 63.4 Å². The number of allylic oxidation sites excluding steroid dienone is 2. The molecule has 1 amide bonds. The number of hydrogen-bond donors (Lipinski definition) is 3. The predicted octanol–water partition coefficient (Wildman–Crippen LogP) is 5.81. The number of nitrogens with one attached hydrogen (secondary N) is 2. The highest BCUT2D eigenvalue weighted by molar-refractivity contribution is 7.07. The van der Waals surface area contributed by atoms with Gasteiger partial charge in [0.15, 0.2) is 0 Å². The molecule has 3 heterocycles. The number of amides is 1. The van der Waals surface area contributed by atoms with Gasteiger partial charge in [-0.2, -0.15) is 0 Å². The average Bonchev–Trinajstić information content (AvgIpc) is 3.70. The molecule has 0 aliphatic carbocycles. The van der Waals surface area contributed by atoms with Crippen LogP contribution in [0.25, 0.3) is 5.70 Å². The number of hydrogen-bond acceptors (Lipinski definition) is 7. The van der Waals surface area contributed by atoms with Crippen molar-refractivity contribution in [1.82, 2.24) is 15.2 Å². The summed E-state index contributed by atoms with van der Waals surface area (Å²) in [5.74, 6) is -0.0780. The van der Waals surface area contributed by atoms with Crippen molar-refractivity contribution in [2.45, 2.75) is 59.0 Å². The van der Waals surface area contributed by atoms with E-state index >= 15 is 0 Å². The number of carbonyl (C=O) groups excluding carboxylic acids is 1. The second kappa shape index (κ2) is 18.3. The standard InChI is InChI=1S/C25H36N4O2.C3H3NS.C2H6/c1-3-21(29-14-6-7-15-29)16-20(18-31-22-10-12-27-13-11-22)17-25(30)28-24-9-5-4-8-23(24)19(2)26;1-2-5-3-4-1;1-2/h3-5,8-9,16,22,27H,2,6-7,10-15,17-18,26H2,1H3,(H,28,30);1-3H;1-2H3/b20-16+,21-3+;;. The molecule has 1 aromatic heterocycles. The highest BCUT2D eigenvalue weighted by Crippen LogP contribution is 2.22. The number of thiazole rings is 1. The Morgan fingerprint density at radius 3 is 2.55 bits per heavy atom. The maximum Gasteiger partial charge on any atom is 0.228 e. The molecule has 0 bridgehead atoms. The van der Waals surface area contributed by atoms with Crippen molar-refractivity contribution in [3.8, 4) is 0 Å². The van der Waals surface area contributed by atoms with Crippen molar-refractivity contribution < 1.29 is 9.53 Å². The molecule has 2 aliphatic rings. The van der Waals surface area contributed by atoms with E-state index in [0.29, 0.717) is 18.0 Å². The van der Waals surface area contributed by atoms with Crippen LogP contribution in [-0.2, 0) is 9.53 Å². The third kappa shape index (κ3) is 11.2. The normalized spacial score (nSPS) is 16.1. The zero-order chi connectivity index (χ0) is 27.6. The van der Waals surface area contributed by atoms with Gasteiger partial charge in [-0.25, -0.2) is 0 Å². The number of ether oxygens (including phenoxy) is 1. The third-order valence-corrected chi connectivity index (χ3v) is 6.71. The molecule has 2 saturated heterocycles. The Kier molecular flexibility index (Phi) is 15.1. The number of para-hydroxylation sites is 1. The molecule has 4 rings (SSSR count). The first kappa shape index (κ1) is 31.3. The van der Waals surface area contributed by atoms with E-state index in [0.717, 1.165) is 50.2 Å². The molecule has 2 aromatic rings. The van der Waals surface area contributed by atoms with E-state index in [1.54, 1.807) is 23.0 Å². The van der Waals surface area contributed by atoms with E-state index in [-0.39, 0.29) is 18.4 Å². The van der Waals surface area contributed by atoms with E-state index in [1.807, 2.05) is 43.5 Å². The van der Waals surface area contributed by atoms with Gasteiger partial charge >= 0.3 is 0 Å². The summed E-state index contributed by atoms with van der Waals surface area (Å²) < 4.78 is 6.20. The SMILES string of the molecule is C=C(N)c1ccccc1NC(=O)C/C(=C\C(=C/C)N1CCCC1)COC1CCNCC1.CC.c1cscn1. The molecule has 2 aliphatic heterocycles. The second-order valence-electron chi connectivity index (χ2n) is 8.94. The number of anilines is 1. The molecule has 0 spiro atoms. The van der Waals surface area contributed by atoms with Crippen LogP contribution in [0.4, 0.5) is 5.69 Å². The number of benzene rings is 1. The van der Waals surface area contributed by atoms with Gasteiger partial charge < -0.3 is 26.0 Å². The van der Waals surface area contributed by atoms with Gasteiger partial charge in [-0.15, -0.1) is 11.3 Å². The van der Waals surface area contributed by atoms with Crippen LogP contribution in [0.1, 0.15) is 58.4 Å². The summed E-state index contributed by atoms with van der Waals surface area (Å²) in [6, 6.07) is 7.47. The summed E-state index contributed by atoms with van der Waals surface area (Å²) in [4.78, 5) is 19.0. The lowest BCUT2D eigenvalue weighted by Gasteiger charge is -2.24. The van der Waals surface area contributed by atoms with E-state index in [9.17, 15) is 4.79 Å². The lowest BCUT2D eigenvalue weighted by atomic mass is 10.1. The van der Waals surface area contributed by atoms with Gasteiger partial charge in [0.05, 0.1) is 30.3 Å². The second-order valence-corrected chi connectivity index (χ2v) is 9.70. The minimum Gasteiger partial charge on any atom is -0.399 e. The molecule has 0 atom stereocenters. The highest BCUT2D eigenvalue weighted by Gasteiger charge is 2.18. The number of aromatic nitrogens is 1. The quantitative estimate of drug-likeness (QED) is 0.348. The van der Waals surface area contributed by atoms with Crippen LogP contribution in [0.2, 0.25) is 0 Å². The van der Waals surface area contributed by atoms with Gasteiger partial charge in [0.1, 0.15) is 0 Å². The number of nitrogens with two attached hydrogens (primary N) is 1. The van der Waals surface area contributed by atoms with E-state index in [2.05, 4.69) is 46.2 Å². The monoisotopic (exact) mass is 539 g/mol. The van der Waals surface area contributed by atoms with Crippen molar-refractivity contribution in [1.29, 1.82) is 0 Å². The molecule has 208 valence electrons. The summed E-state index contributed by atoms with van der Waals surface area (Å²) in [6.45, 7) is 14.4. The van der Waals surface area contributed by atoms with E-state index in [1.165, 1.54) is 18.5 Å². The number of rotatable bonds is 9. The van der Waals surface area contributed by atoms with Gasteiger partial charge in [-0.3, -0.25) is 9.78 Å². The molecule has 7 nitrogen and oxygen atoms in total. The van der Waals surface area contributed by atoms with Gasteiger partial charge in [-0.1, -0.05) is 44.7 Å². The third-order valence-electron chi connectivity index (χ3n) is 6.19. The first-order valence-corrected chi connectivity index (χ1v) is 14.6.